The molecule has 15 heavy (non-hydrogen) atoms. The van der Waals surface area contributed by atoms with Crippen molar-refractivity contribution < 1.29 is 9.90 Å². The summed E-state index contributed by atoms with van der Waals surface area (Å²) in [4.78, 5) is 15.3. The van der Waals surface area contributed by atoms with E-state index in [4.69, 9.17) is 5.11 Å². The first-order chi connectivity index (χ1) is 7.00. The van der Waals surface area contributed by atoms with E-state index in [0.717, 1.165) is 32.6 Å². The van der Waals surface area contributed by atoms with Crippen LogP contribution in [-0.4, -0.2) is 61.2 Å². The Hall–Kier alpha value is -0.610. The van der Waals surface area contributed by atoms with Crippen LogP contribution < -0.4 is 0 Å². The van der Waals surface area contributed by atoms with Crippen LogP contribution in [0.4, 0.5) is 0 Å². The van der Waals surface area contributed by atoms with Crippen LogP contribution in [0, 0.1) is 11.8 Å². The molecule has 0 aromatic rings. The quantitative estimate of drug-likeness (QED) is 0.727. The highest BCUT2D eigenvalue weighted by molar-refractivity contribution is 5.71. The van der Waals surface area contributed by atoms with Crippen molar-refractivity contribution in [2.75, 3.05) is 40.3 Å². The van der Waals surface area contributed by atoms with Crippen molar-refractivity contribution in [3.05, 3.63) is 0 Å². The van der Waals surface area contributed by atoms with E-state index in [2.05, 4.69) is 23.9 Å². The number of nitrogens with zero attached hydrogens (tertiary/aromatic N) is 2. The Morgan fingerprint density at radius 2 is 2.13 bits per heavy atom. The van der Waals surface area contributed by atoms with E-state index in [0.29, 0.717) is 5.92 Å². The molecular weight excluding hydrogens is 192 g/mol. The highest BCUT2D eigenvalue weighted by atomic mass is 16.4. The number of hydrogen-bond acceptors (Lipinski definition) is 3. The van der Waals surface area contributed by atoms with Gasteiger partial charge in [0, 0.05) is 13.1 Å². The lowest BCUT2D eigenvalue weighted by atomic mass is 9.99. The fourth-order valence-corrected chi connectivity index (χ4v) is 2.18. The SMILES string of the molecule is CC1CN(CCCN(C)C)CC1C(=O)O. The van der Waals surface area contributed by atoms with Gasteiger partial charge >= 0.3 is 5.97 Å². The van der Waals surface area contributed by atoms with Crippen molar-refractivity contribution in [3.8, 4) is 0 Å². The number of hydrogen-bond donors (Lipinski definition) is 1. The molecule has 2 unspecified atom stereocenters. The van der Waals surface area contributed by atoms with E-state index in [-0.39, 0.29) is 5.92 Å². The normalized spacial score (nSPS) is 27.5. The van der Waals surface area contributed by atoms with Crippen LogP contribution >= 0.6 is 0 Å². The van der Waals surface area contributed by atoms with Crippen molar-refractivity contribution in [1.29, 1.82) is 0 Å². The van der Waals surface area contributed by atoms with Crippen LogP contribution in [0.5, 0.6) is 0 Å². The smallest absolute Gasteiger partial charge is 0.308 e. The maximum atomic E-state index is 10.9. The van der Waals surface area contributed by atoms with Crippen molar-refractivity contribution >= 4 is 5.97 Å². The summed E-state index contributed by atoms with van der Waals surface area (Å²) < 4.78 is 0. The molecule has 1 N–H and O–H groups in total. The third-order valence-corrected chi connectivity index (χ3v) is 3.08. The molecular formula is C11H22N2O2. The van der Waals surface area contributed by atoms with E-state index in [9.17, 15) is 4.79 Å². The molecule has 0 bridgehead atoms. The van der Waals surface area contributed by atoms with Crippen LogP contribution in [0.3, 0.4) is 0 Å². The van der Waals surface area contributed by atoms with Gasteiger partial charge in [0.2, 0.25) is 0 Å². The lowest BCUT2D eigenvalue weighted by Gasteiger charge is -2.16. The van der Waals surface area contributed by atoms with Gasteiger partial charge < -0.3 is 14.9 Å². The Morgan fingerprint density at radius 3 is 2.60 bits per heavy atom. The fraction of sp³-hybridized carbons (Fsp3) is 0.909. The van der Waals surface area contributed by atoms with E-state index >= 15 is 0 Å². The van der Waals surface area contributed by atoms with Gasteiger partial charge in [-0.25, -0.2) is 0 Å². The van der Waals surface area contributed by atoms with Gasteiger partial charge in [-0.2, -0.15) is 0 Å². The molecule has 1 fully saturated rings. The summed E-state index contributed by atoms with van der Waals surface area (Å²) in [5, 5.41) is 8.98. The molecule has 1 aliphatic rings. The summed E-state index contributed by atoms with van der Waals surface area (Å²) in [7, 11) is 4.12. The third kappa shape index (κ3) is 3.80. The van der Waals surface area contributed by atoms with Crippen LogP contribution in [0.15, 0.2) is 0 Å². The summed E-state index contributed by atoms with van der Waals surface area (Å²) >= 11 is 0. The van der Waals surface area contributed by atoms with Gasteiger partial charge in [-0.15, -0.1) is 0 Å². The molecule has 1 aliphatic heterocycles. The number of carbonyl (C=O) groups is 1. The topological polar surface area (TPSA) is 43.8 Å². The summed E-state index contributed by atoms with van der Waals surface area (Å²) in [6, 6.07) is 0. The molecule has 4 nitrogen and oxygen atoms in total. The predicted molar refractivity (Wildman–Crippen MR) is 59.9 cm³/mol. The molecule has 88 valence electrons. The molecule has 0 spiro atoms. The van der Waals surface area contributed by atoms with Gasteiger partial charge in [0.1, 0.15) is 0 Å². The standard InChI is InChI=1S/C11H22N2O2/c1-9-7-13(6-4-5-12(2)3)8-10(9)11(14)15/h9-10H,4-8H2,1-3H3,(H,14,15). The van der Waals surface area contributed by atoms with Gasteiger partial charge in [0.15, 0.2) is 0 Å². The van der Waals surface area contributed by atoms with Gasteiger partial charge in [0.25, 0.3) is 0 Å². The molecule has 2 atom stereocenters. The first-order valence-electron chi connectivity index (χ1n) is 5.60. The summed E-state index contributed by atoms with van der Waals surface area (Å²) in [5.41, 5.74) is 0. The Kier molecular flexibility index (Phi) is 4.54. The van der Waals surface area contributed by atoms with Crippen molar-refractivity contribution in [1.82, 2.24) is 9.80 Å². The second kappa shape index (κ2) is 5.47. The summed E-state index contributed by atoms with van der Waals surface area (Å²) in [5.74, 6) is -0.510. The molecule has 4 heteroatoms. The molecule has 0 amide bonds. The van der Waals surface area contributed by atoms with Gasteiger partial charge in [-0.05, 0) is 39.5 Å². The van der Waals surface area contributed by atoms with Crippen molar-refractivity contribution in [2.24, 2.45) is 11.8 Å². The largest absolute Gasteiger partial charge is 0.481 e. The molecule has 1 heterocycles. The van der Waals surface area contributed by atoms with E-state index < -0.39 is 5.97 Å². The average molecular weight is 214 g/mol. The van der Waals surface area contributed by atoms with Crippen molar-refractivity contribution in [2.45, 2.75) is 13.3 Å². The number of carboxylic acids is 1. The molecule has 1 saturated heterocycles. The summed E-state index contributed by atoms with van der Waals surface area (Å²) in [6.07, 6.45) is 1.12. The van der Waals surface area contributed by atoms with E-state index in [1.807, 2.05) is 6.92 Å². The monoisotopic (exact) mass is 214 g/mol. The fourth-order valence-electron chi connectivity index (χ4n) is 2.18. The molecule has 0 aromatic carbocycles. The maximum absolute atomic E-state index is 10.9. The molecule has 0 aromatic heterocycles. The first-order valence-corrected chi connectivity index (χ1v) is 5.60. The maximum Gasteiger partial charge on any atom is 0.308 e. The highest BCUT2D eigenvalue weighted by Gasteiger charge is 2.34. The average Bonchev–Trinajstić information content (AvgIpc) is 2.46. The van der Waals surface area contributed by atoms with E-state index in [1.165, 1.54) is 0 Å². The number of rotatable bonds is 5. The highest BCUT2D eigenvalue weighted by Crippen LogP contribution is 2.22. The molecule has 0 aliphatic carbocycles. The Bertz CT molecular complexity index is 219. The predicted octanol–water partition coefficient (Wildman–Crippen LogP) is 0.591. The Morgan fingerprint density at radius 1 is 1.47 bits per heavy atom. The Labute approximate surface area is 91.9 Å². The minimum Gasteiger partial charge on any atom is -0.481 e. The lowest BCUT2D eigenvalue weighted by molar-refractivity contribution is -0.142. The zero-order chi connectivity index (χ0) is 11.4. The summed E-state index contributed by atoms with van der Waals surface area (Å²) in [6.45, 7) is 5.79. The zero-order valence-corrected chi connectivity index (χ0v) is 9.94. The Balaban J connectivity index is 2.26. The minimum absolute atomic E-state index is 0.163. The second-order valence-electron chi connectivity index (χ2n) is 4.84. The molecule has 0 saturated carbocycles. The number of aliphatic carboxylic acids is 1. The molecule has 1 rings (SSSR count). The van der Waals surface area contributed by atoms with Crippen LogP contribution in [0.2, 0.25) is 0 Å². The molecule has 0 radical (unpaired) electrons. The van der Waals surface area contributed by atoms with Crippen LogP contribution in [0.1, 0.15) is 13.3 Å². The minimum atomic E-state index is -0.641. The lowest BCUT2D eigenvalue weighted by Crippen LogP contribution is -2.26. The van der Waals surface area contributed by atoms with Gasteiger partial charge in [-0.3, -0.25) is 4.79 Å². The zero-order valence-electron chi connectivity index (χ0n) is 9.94. The third-order valence-electron chi connectivity index (χ3n) is 3.08. The van der Waals surface area contributed by atoms with Crippen LogP contribution in [-0.2, 0) is 4.79 Å². The van der Waals surface area contributed by atoms with Crippen LogP contribution in [0.25, 0.3) is 0 Å². The van der Waals surface area contributed by atoms with E-state index in [1.54, 1.807) is 0 Å². The van der Waals surface area contributed by atoms with Crippen molar-refractivity contribution in [3.63, 3.8) is 0 Å². The van der Waals surface area contributed by atoms with Gasteiger partial charge in [0.05, 0.1) is 5.92 Å². The number of carboxylic acid groups (broad SMARTS) is 1. The second-order valence-corrected chi connectivity index (χ2v) is 4.84. The number of likely N-dealkylation sites (tertiary alicyclic amines) is 1. The first kappa shape index (κ1) is 12.5. The van der Waals surface area contributed by atoms with Gasteiger partial charge in [-0.1, -0.05) is 6.92 Å².